The maximum Gasteiger partial charge on any atom is 0.244 e. The number of benzene rings is 1. The van der Waals surface area contributed by atoms with Crippen LogP contribution in [0.15, 0.2) is 23.1 Å². The second-order valence-electron chi connectivity index (χ2n) is 4.81. The predicted molar refractivity (Wildman–Crippen MR) is 71.4 cm³/mol. The molecule has 0 heterocycles. The Morgan fingerprint density at radius 2 is 2.16 bits per heavy atom. The number of rotatable bonds is 5. The van der Waals surface area contributed by atoms with Gasteiger partial charge in [-0.25, -0.2) is 13.1 Å². The molecule has 0 atom stereocenters. The smallest absolute Gasteiger partial charge is 0.244 e. The highest BCUT2D eigenvalue weighted by molar-refractivity contribution is 7.89. The fourth-order valence-corrected chi connectivity index (χ4v) is 3.80. The Bertz CT molecular complexity index is 562. The van der Waals surface area contributed by atoms with Crippen molar-refractivity contribution in [3.8, 4) is 5.75 Å². The normalized spacial score (nSPS) is 17.8. The van der Waals surface area contributed by atoms with Crippen molar-refractivity contribution in [2.24, 2.45) is 0 Å². The van der Waals surface area contributed by atoms with E-state index in [-0.39, 0.29) is 17.3 Å². The number of anilines is 1. The Kier molecular flexibility index (Phi) is 3.71. The molecule has 106 valence electrons. The lowest BCUT2D eigenvalue weighted by Crippen LogP contribution is -2.55. The predicted octanol–water partition coefficient (Wildman–Crippen LogP) is 0.471. The average Bonchev–Trinajstić information content (AvgIpc) is 2.34. The first-order chi connectivity index (χ1) is 8.92. The van der Waals surface area contributed by atoms with Crippen molar-refractivity contribution in [2.45, 2.75) is 29.7 Å². The Hall–Kier alpha value is -1.31. The van der Waals surface area contributed by atoms with Gasteiger partial charge in [-0.1, -0.05) is 0 Å². The van der Waals surface area contributed by atoms with Gasteiger partial charge >= 0.3 is 0 Å². The Balaban J connectivity index is 2.36. The summed E-state index contributed by atoms with van der Waals surface area (Å²) in [5.74, 6) is 0.231. The van der Waals surface area contributed by atoms with Gasteiger partial charge in [0.1, 0.15) is 10.6 Å². The van der Waals surface area contributed by atoms with E-state index >= 15 is 0 Å². The molecule has 1 saturated carbocycles. The molecule has 0 amide bonds. The van der Waals surface area contributed by atoms with Crippen LogP contribution in [0, 0.1) is 0 Å². The van der Waals surface area contributed by atoms with Gasteiger partial charge in [0.25, 0.3) is 0 Å². The van der Waals surface area contributed by atoms with Crippen LogP contribution >= 0.6 is 0 Å². The second-order valence-corrected chi connectivity index (χ2v) is 6.46. The fraction of sp³-hybridized carbons (Fsp3) is 0.500. The summed E-state index contributed by atoms with van der Waals surface area (Å²) in [5.41, 5.74) is 5.22. The Morgan fingerprint density at radius 1 is 1.47 bits per heavy atom. The van der Waals surface area contributed by atoms with Gasteiger partial charge in [0.2, 0.25) is 10.0 Å². The first-order valence-corrected chi connectivity index (χ1v) is 7.49. The van der Waals surface area contributed by atoms with Gasteiger partial charge in [0.05, 0.1) is 19.3 Å². The molecule has 19 heavy (non-hydrogen) atoms. The van der Waals surface area contributed by atoms with E-state index in [1.165, 1.54) is 19.2 Å². The molecule has 1 aliphatic rings. The van der Waals surface area contributed by atoms with Crippen LogP contribution in [0.5, 0.6) is 5.75 Å². The SMILES string of the molecule is COc1ccc(N)cc1S(=O)(=O)NC1(CO)CCC1. The molecule has 2 rings (SSSR count). The molecule has 0 saturated heterocycles. The van der Waals surface area contributed by atoms with E-state index in [1.807, 2.05) is 0 Å². The highest BCUT2D eigenvalue weighted by atomic mass is 32.2. The summed E-state index contributed by atoms with van der Waals surface area (Å²) in [6.45, 7) is -0.211. The molecule has 0 bridgehead atoms. The lowest BCUT2D eigenvalue weighted by atomic mass is 9.78. The molecular weight excluding hydrogens is 268 g/mol. The van der Waals surface area contributed by atoms with E-state index in [0.29, 0.717) is 18.5 Å². The number of aliphatic hydroxyl groups is 1. The minimum absolute atomic E-state index is 0.00488. The quantitative estimate of drug-likeness (QED) is 0.683. The second kappa shape index (κ2) is 4.99. The van der Waals surface area contributed by atoms with Crippen LogP contribution in [-0.2, 0) is 10.0 Å². The summed E-state index contributed by atoms with van der Waals surface area (Å²) in [5, 5.41) is 9.34. The van der Waals surface area contributed by atoms with Crippen LogP contribution in [0.3, 0.4) is 0 Å². The van der Waals surface area contributed by atoms with Crippen molar-refractivity contribution >= 4 is 15.7 Å². The Labute approximate surface area is 112 Å². The van der Waals surface area contributed by atoms with Crippen LogP contribution in [0.25, 0.3) is 0 Å². The molecule has 1 aromatic carbocycles. The van der Waals surface area contributed by atoms with Gasteiger partial charge in [-0.2, -0.15) is 0 Å². The van der Waals surface area contributed by atoms with E-state index in [1.54, 1.807) is 6.07 Å². The highest BCUT2D eigenvalue weighted by Gasteiger charge is 2.40. The minimum Gasteiger partial charge on any atom is -0.495 e. The van der Waals surface area contributed by atoms with Crippen LogP contribution in [0.2, 0.25) is 0 Å². The topological polar surface area (TPSA) is 102 Å². The molecule has 1 aliphatic carbocycles. The van der Waals surface area contributed by atoms with E-state index in [9.17, 15) is 13.5 Å². The van der Waals surface area contributed by atoms with Gasteiger partial charge in [-0.3, -0.25) is 0 Å². The fourth-order valence-electron chi connectivity index (χ4n) is 2.14. The van der Waals surface area contributed by atoms with Crippen LogP contribution in [0.4, 0.5) is 5.69 Å². The van der Waals surface area contributed by atoms with E-state index < -0.39 is 15.6 Å². The summed E-state index contributed by atoms with van der Waals surface area (Å²) in [7, 11) is -2.37. The third-order valence-electron chi connectivity index (χ3n) is 3.44. The van der Waals surface area contributed by atoms with E-state index in [4.69, 9.17) is 10.5 Å². The van der Waals surface area contributed by atoms with Crippen LogP contribution in [0.1, 0.15) is 19.3 Å². The molecule has 0 radical (unpaired) electrons. The number of hydrogen-bond donors (Lipinski definition) is 3. The molecule has 1 fully saturated rings. The third-order valence-corrected chi connectivity index (χ3v) is 5.04. The number of ether oxygens (including phenoxy) is 1. The number of nitrogen functional groups attached to an aromatic ring is 1. The molecule has 0 aromatic heterocycles. The van der Waals surface area contributed by atoms with Crippen molar-refractivity contribution in [3.05, 3.63) is 18.2 Å². The van der Waals surface area contributed by atoms with Crippen molar-refractivity contribution < 1.29 is 18.3 Å². The van der Waals surface area contributed by atoms with Crippen molar-refractivity contribution in [2.75, 3.05) is 19.5 Å². The molecule has 4 N–H and O–H groups in total. The molecular formula is C12H18N2O4S. The molecule has 0 spiro atoms. The van der Waals surface area contributed by atoms with E-state index in [0.717, 1.165) is 6.42 Å². The Morgan fingerprint density at radius 3 is 2.63 bits per heavy atom. The summed E-state index contributed by atoms with van der Waals surface area (Å²) in [6.07, 6.45) is 2.16. The zero-order valence-corrected chi connectivity index (χ0v) is 11.5. The lowest BCUT2D eigenvalue weighted by molar-refractivity contribution is 0.110. The molecule has 0 aliphatic heterocycles. The largest absolute Gasteiger partial charge is 0.495 e. The molecule has 6 nitrogen and oxygen atoms in total. The van der Waals surface area contributed by atoms with Crippen molar-refractivity contribution in [1.29, 1.82) is 0 Å². The average molecular weight is 286 g/mol. The van der Waals surface area contributed by atoms with Gasteiger partial charge in [0.15, 0.2) is 0 Å². The number of nitrogens with one attached hydrogen (secondary N) is 1. The standard InChI is InChI=1S/C12H18N2O4S/c1-18-10-4-3-9(13)7-11(10)19(16,17)14-12(8-15)5-2-6-12/h3-4,7,14-15H,2,5-6,8,13H2,1H3. The molecule has 0 unspecified atom stereocenters. The van der Waals surface area contributed by atoms with Gasteiger partial charge in [-0.05, 0) is 37.5 Å². The summed E-state index contributed by atoms with van der Waals surface area (Å²) < 4.78 is 32.4. The number of nitrogens with two attached hydrogens (primary N) is 1. The first-order valence-electron chi connectivity index (χ1n) is 6.01. The summed E-state index contributed by atoms with van der Waals surface area (Å²) >= 11 is 0. The lowest BCUT2D eigenvalue weighted by Gasteiger charge is -2.40. The third kappa shape index (κ3) is 2.68. The first kappa shape index (κ1) is 14.1. The van der Waals surface area contributed by atoms with E-state index in [2.05, 4.69) is 4.72 Å². The number of hydrogen-bond acceptors (Lipinski definition) is 5. The van der Waals surface area contributed by atoms with Crippen LogP contribution < -0.4 is 15.2 Å². The number of aliphatic hydroxyl groups excluding tert-OH is 1. The number of sulfonamides is 1. The number of methoxy groups -OCH3 is 1. The zero-order chi connectivity index (χ0) is 14.1. The molecule has 7 heteroatoms. The highest BCUT2D eigenvalue weighted by Crippen LogP contribution is 2.34. The van der Waals surface area contributed by atoms with Crippen LogP contribution in [-0.4, -0.2) is 32.8 Å². The summed E-state index contributed by atoms with van der Waals surface area (Å²) in [6, 6.07) is 4.43. The maximum absolute atomic E-state index is 12.4. The monoisotopic (exact) mass is 286 g/mol. The molecule has 1 aromatic rings. The van der Waals surface area contributed by atoms with Gasteiger partial charge in [0, 0.05) is 5.69 Å². The van der Waals surface area contributed by atoms with Gasteiger partial charge in [-0.15, -0.1) is 0 Å². The minimum atomic E-state index is -3.77. The van der Waals surface area contributed by atoms with Crippen molar-refractivity contribution in [1.82, 2.24) is 4.72 Å². The zero-order valence-electron chi connectivity index (χ0n) is 10.7. The van der Waals surface area contributed by atoms with Crippen molar-refractivity contribution in [3.63, 3.8) is 0 Å². The summed E-state index contributed by atoms with van der Waals surface area (Å²) in [4.78, 5) is -0.00488. The van der Waals surface area contributed by atoms with Gasteiger partial charge < -0.3 is 15.6 Å². The maximum atomic E-state index is 12.4.